The molecule has 142 valence electrons. The topological polar surface area (TPSA) is 84.5 Å². The van der Waals surface area contributed by atoms with Crippen molar-refractivity contribution in [2.45, 2.75) is 19.4 Å². The van der Waals surface area contributed by atoms with Gasteiger partial charge in [0.25, 0.3) is 0 Å². The van der Waals surface area contributed by atoms with E-state index in [1.807, 2.05) is 0 Å². The molecule has 0 saturated carbocycles. The van der Waals surface area contributed by atoms with Gasteiger partial charge in [-0.2, -0.15) is 0 Å². The minimum absolute atomic E-state index is 0.0278. The second kappa shape index (κ2) is 9.39. The van der Waals surface area contributed by atoms with Gasteiger partial charge in [0, 0.05) is 11.9 Å². The van der Waals surface area contributed by atoms with Crippen molar-refractivity contribution in [1.82, 2.24) is 5.32 Å². The van der Waals surface area contributed by atoms with Crippen molar-refractivity contribution in [3.63, 3.8) is 0 Å². The minimum Gasteiger partial charge on any atom is -0.465 e. The first kappa shape index (κ1) is 20.7. The molecular weight excluding hydrogens is 391 g/mol. The van der Waals surface area contributed by atoms with Gasteiger partial charge in [-0.15, -0.1) is 0 Å². The Labute approximate surface area is 166 Å². The predicted molar refractivity (Wildman–Crippen MR) is 104 cm³/mol. The number of carbonyl (C=O) groups is 3. The molecule has 8 heteroatoms. The first-order valence-electron chi connectivity index (χ1n) is 8.00. The lowest BCUT2D eigenvalue weighted by atomic mass is 10.0. The zero-order valence-corrected chi connectivity index (χ0v) is 16.2. The third kappa shape index (κ3) is 5.98. The summed E-state index contributed by atoms with van der Waals surface area (Å²) in [5.41, 5.74) is 1.27. The van der Waals surface area contributed by atoms with E-state index in [2.05, 4.69) is 15.4 Å². The number of benzene rings is 2. The highest BCUT2D eigenvalue weighted by Gasteiger charge is 2.18. The van der Waals surface area contributed by atoms with Gasteiger partial charge in [0.05, 0.1) is 35.8 Å². The maximum Gasteiger partial charge on any atom is 0.337 e. The molecule has 27 heavy (non-hydrogen) atoms. The summed E-state index contributed by atoms with van der Waals surface area (Å²) < 4.78 is 4.66. The van der Waals surface area contributed by atoms with Crippen LogP contribution in [0.15, 0.2) is 42.5 Å². The van der Waals surface area contributed by atoms with Crippen molar-refractivity contribution in [1.29, 1.82) is 0 Å². The zero-order valence-electron chi connectivity index (χ0n) is 14.7. The molecule has 2 rings (SSSR count). The number of methoxy groups -OCH3 is 1. The molecule has 1 atom stereocenters. The fourth-order valence-electron chi connectivity index (χ4n) is 2.45. The van der Waals surface area contributed by atoms with Crippen LogP contribution in [0, 0.1) is 0 Å². The van der Waals surface area contributed by atoms with Crippen molar-refractivity contribution in [2.24, 2.45) is 0 Å². The number of halogens is 2. The van der Waals surface area contributed by atoms with Gasteiger partial charge >= 0.3 is 5.97 Å². The lowest BCUT2D eigenvalue weighted by molar-refractivity contribution is -0.120. The van der Waals surface area contributed by atoms with E-state index in [9.17, 15) is 14.4 Å². The molecule has 2 aromatic rings. The number of hydrogen-bond acceptors (Lipinski definition) is 4. The summed E-state index contributed by atoms with van der Waals surface area (Å²) in [6, 6.07) is 10.7. The molecule has 0 aliphatic carbocycles. The summed E-state index contributed by atoms with van der Waals surface area (Å²) in [5.74, 6) is -1.19. The molecular formula is C19H18Cl2N2O4. The van der Waals surface area contributed by atoms with Gasteiger partial charge in [0.2, 0.25) is 11.8 Å². The van der Waals surface area contributed by atoms with E-state index in [1.165, 1.54) is 32.2 Å². The maximum atomic E-state index is 12.5. The highest BCUT2D eigenvalue weighted by Crippen LogP contribution is 2.25. The van der Waals surface area contributed by atoms with Crippen LogP contribution in [-0.4, -0.2) is 24.9 Å². The van der Waals surface area contributed by atoms with E-state index in [0.717, 1.165) is 5.56 Å². The molecule has 2 aromatic carbocycles. The van der Waals surface area contributed by atoms with Crippen molar-refractivity contribution in [2.75, 3.05) is 12.4 Å². The van der Waals surface area contributed by atoms with Gasteiger partial charge in [0.15, 0.2) is 0 Å². The van der Waals surface area contributed by atoms with Gasteiger partial charge in [-0.05, 0) is 35.9 Å². The summed E-state index contributed by atoms with van der Waals surface area (Å²) in [7, 11) is 1.26. The van der Waals surface area contributed by atoms with E-state index < -0.39 is 12.0 Å². The molecule has 0 aliphatic rings. The first-order valence-corrected chi connectivity index (χ1v) is 8.76. The molecule has 0 aliphatic heterocycles. The summed E-state index contributed by atoms with van der Waals surface area (Å²) in [4.78, 5) is 35.6. The standard InChI is InChI=1S/C19H18Cl2N2O4/c1-11(24)22-16(12-3-6-14(20)7-4-12)10-18(25)23-17-9-13(19(26)27-2)5-8-15(17)21/h3-9,16H,10H2,1-2H3,(H,22,24)(H,23,25). The Bertz CT molecular complexity index is 853. The van der Waals surface area contributed by atoms with Crippen LogP contribution in [-0.2, 0) is 14.3 Å². The molecule has 0 bridgehead atoms. The quantitative estimate of drug-likeness (QED) is 0.707. The molecule has 0 spiro atoms. The van der Waals surface area contributed by atoms with Crippen molar-refractivity contribution in [3.05, 3.63) is 63.6 Å². The van der Waals surface area contributed by atoms with Gasteiger partial charge in [-0.25, -0.2) is 4.79 Å². The van der Waals surface area contributed by atoms with E-state index >= 15 is 0 Å². The fraction of sp³-hybridized carbons (Fsp3) is 0.211. The Balaban J connectivity index is 2.17. The van der Waals surface area contributed by atoms with Crippen molar-refractivity contribution < 1.29 is 19.1 Å². The molecule has 1 unspecified atom stereocenters. The van der Waals surface area contributed by atoms with Crippen LogP contribution in [0.1, 0.15) is 35.3 Å². The summed E-state index contributed by atoms with van der Waals surface area (Å²) in [6.07, 6.45) is -0.0278. The summed E-state index contributed by atoms with van der Waals surface area (Å²) in [6.45, 7) is 1.37. The second-order valence-electron chi connectivity index (χ2n) is 5.74. The average molecular weight is 409 g/mol. The lowest BCUT2D eigenvalue weighted by Gasteiger charge is -2.18. The minimum atomic E-state index is -0.542. The third-order valence-electron chi connectivity index (χ3n) is 3.70. The molecule has 6 nitrogen and oxygen atoms in total. The molecule has 0 radical (unpaired) electrons. The van der Waals surface area contributed by atoms with Crippen molar-refractivity contribution >= 4 is 46.7 Å². The Morgan fingerprint density at radius 3 is 2.33 bits per heavy atom. The average Bonchev–Trinajstić information content (AvgIpc) is 2.62. The molecule has 0 aromatic heterocycles. The van der Waals surface area contributed by atoms with Crippen LogP contribution in [0.5, 0.6) is 0 Å². The van der Waals surface area contributed by atoms with Gasteiger partial charge < -0.3 is 15.4 Å². The van der Waals surface area contributed by atoms with E-state index in [4.69, 9.17) is 23.2 Å². The molecule has 0 fully saturated rings. The van der Waals surface area contributed by atoms with E-state index in [1.54, 1.807) is 24.3 Å². The predicted octanol–water partition coefficient (Wildman–Crippen LogP) is 3.99. The Hall–Kier alpha value is -2.57. The van der Waals surface area contributed by atoms with Gasteiger partial charge in [-0.1, -0.05) is 35.3 Å². The Morgan fingerprint density at radius 1 is 1.07 bits per heavy atom. The monoisotopic (exact) mass is 408 g/mol. The number of amides is 2. The molecule has 2 amide bonds. The normalized spacial score (nSPS) is 11.4. The first-order chi connectivity index (χ1) is 12.8. The number of carbonyl (C=O) groups excluding carboxylic acids is 3. The van der Waals surface area contributed by atoms with Crippen LogP contribution in [0.2, 0.25) is 10.0 Å². The van der Waals surface area contributed by atoms with Crippen LogP contribution in [0.4, 0.5) is 5.69 Å². The smallest absolute Gasteiger partial charge is 0.337 e. The van der Waals surface area contributed by atoms with Crippen LogP contribution in [0.25, 0.3) is 0 Å². The number of ether oxygens (including phenoxy) is 1. The summed E-state index contributed by atoms with van der Waals surface area (Å²) in [5, 5.41) is 6.22. The number of rotatable bonds is 6. The molecule has 0 saturated heterocycles. The fourth-order valence-corrected chi connectivity index (χ4v) is 2.74. The lowest BCUT2D eigenvalue weighted by Crippen LogP contribution is -2.29. The maximum absolute atomic E-state index is 12.5. The number of nitrogens with one attached hydrogen (secondary N) is 2. The largest absolute Gasteiger partial charge is 0.465 e. The third-order valence-corrected chi connectivity index (χ3v) is 4.28. The highest BCUT2D eigenvalue weighted by molar-refractivity contribution is 6.33. The van der Waals surface area contributed by atoms with Crippen LogP contribution >= 0.6 is 23.2 Å². The number of anilines is 1. The summed E-state index contributed by atoms with van der Waals surface area (Å²) >= 11 is 12.0. The van der Waals surface area contributed by atoms with E-state index in [-0.39, 0.29) is 34.5 Å². The van der Waals surface area contributed by atoms with Gasteiger partial charge in [0.1, 0.15) is 0 Å². The number of hydrogen-bond donors (Lipinski definition) is 2. The van der Waals surface area contributed by atoms with Crippen LogP contribution in [0.3, 0.4) is 0 Å². The molecule has 0 heterocycles. The van der Waals surface area contributed by atoms with Crippen molar-refractivity contribution in [3.8, 4) is 0 Å². The number of esters is 1. The highest BCUT2D eigenvalue weighted by atomic mass is 35.5. The van der Waals surface area contributed by atoms with E-state index in [0.29, 0.717) is 5.02 Å². The SMILES string of the molecule is COC(=O)c1ccc(Cl)c(NC(=O)CC(NC(C)=O)c2ccc(Cl)cc2)c1. The zero-order chi connectivity index (χ0) is 20.0. The van der Waals surface area contributed by atoms with Gasteiger partial charge in [-0.3, -0.25) is 9.59 Å². The Kier molecular flexibility index (Phi) is 7.21. The Morgan fingerprint density at radius 2 is 1.74 bits per heavy atom. The van der Waals surface area contributed by atoms with Crippen LogP contribution < -0.4 is 10.6 Å². The second-order valence-corrected chi connectivity index (χ2v) is 6.59. The molecule has 2 N–H and O–H groups in total.